The number of aromatic nitrogens is 2. The number of nitrogens with zero attached hydrogens (tertiary/aromatic N) is 2. The summed E-state index contributed by atoms with van der Waals surface area (Å²) in [5.74, 6) is -0.285. The van der Waals surface area contributed by atoms with E-state index in [0.29, 0.717) is 4.57 Å². The van der Waals surface area contributed by atoms with Crippen molar-refractivity contribution >= 4 is 35.9 Å². The first-order valence-corrected chi connectivity index (χ1v) is 10.7. The zero-order chi connectivity index (χ0) is 20.1. The van der Waals surface area contributed by atoms with Crippen LogP contribution >= 0.6 is 18.3 Å². The van der Waals surface area contributed by atoms with E-state index in [1.54, 1.807) is 13.8 Å². The predicted molar refractivity (Wildman–Crippen MR) is 93.0 cm³/mol. The number of fused-ring (bicyclic) bond motifs is 1. The molecule has 152 valence electrons. The maximum Gasteiger partial charge on any atom is 0.351 e. The zero-order valence-electron chi connectivity index (χ0n) is 14.1. The van der Waals surface area contributed by atoms with Gasteiger partial charge in [0.2, 0.25) is 0 Å². The van der Waals surface area contributed by atoms with Gasteiger partial charge in [-0.05, 0) is 25.7 Å². The second kappa shape index (κ2) is 7.25. The lowest BCUT2D eigenvalue weighted by atomic mass is 9.97. The Hall–Kier alpha value is -0.750. The molecule has 0 aliphatic carbocycles. The summed E-state index contributed by atoms with van der Waals surface area (Å²) in [5.41, 5.74) is 1.92. The van der Waals surface area contributed by atoms with Gasteiger partial charge in [0.15, 0.2) is 18.0 Å². The quantitative estimate of drug-likeness (QED) is 0.700. The molecule has 0 amide bonds. The highest BCUT2D eigenvalue weighted by atomic mass is 35.5. The van der Waals surface area contributed by atoms with Crippen LogP contribution < -0.4 is 11.4 Å². The zero-order valence-corrected chi connectivity index (χ0v) is 16.5. The van der Waals surface area contributed by atoms with E-state index in [0.717, 1.165) is 6.20 Å². The molecule has 2 N–H and O–H groups in total. The normalized spacial score (nSPS) is 36.4. The molecule has 5 atom stereocenters. The Bertz CT molecular complexity index is 846. The van der Waals surface area contributed by atoms with Gasteiger partial charge in [0.25, 0.3) is 6.43 Å². The fourth-order valence-electron chi connectivity index (χ4n) is 2.79. The van der Waals surface area contributed by atoms with Crippen LogP contribution in [0.3, 0.4) is 0 Å². The lowest BCUT2D eigenvalue weighted by molar-refractivity contribution is -0.204. The van der Waals surface area contributed by atoms with E-state index in [-0.39, 0.29) is 10.8 Å². The van der Waals surface area contributed by atoms with E-state index in [9.17, 15) is 13.6 Å². The number of rotatable bonds is 4. The van der Waals surface area contributed by atoms with Gasteiger partial charge in [0.1, 0.15) is 11.9 Å². The molecule has 0 bridgehead atoms. The van der Waals surface area contributed by atoms with Gasteiger partial charge in [-0.1, -0.05) is 11.6 Å². The van der Waals surface area contributed by atoms with Gasteiger partial charge in [-0.15, -0.1) is 0 Å². The predicted octanol–water partition coefficient (Wildman–Crippen LogP) is 2.41. The van der Waals surface area contributed by atoms with Crippen LogP contribution in [0, 0.1) is 0 Å². The van der Waals surface area contributed by atoms with E-state index in [2.05, 4.69) is 4.98 Å². The number of anilines is 1. The number of alkyl halides is 3. The number of ether oxygens (including phenoxy) is 1. The third kappa shape index (κ3) is 3.64. The molecule has 8 nitrogen and oxygen atoms in total. The third-order valence-electron chi connectivity index (χ3n) is 3.99. The Morgan fingerprint density at radius 2 is 2.22 bits per heavy atom. The number of nitrogen functional groups attached to an aromatic ring is 1. The standard InChI is InChI=1S/C13H16ClF3N3O5PS/c1-5(2)24-26(27)22-4-13(11(16)17)8(25-26)7(15)10(23-13)20-3-6(14)9(18)19-12(20)21/h3,5,7-8,10-11H,4H2,1-2H3,(H2,18,19,21)/t7-,8+,10-,13-,26?/m1/s1. The molecule has 3 heterocycles. The van der Waals surface area contributed by atoms with Crippen LogP contribution in [0.25, 0.3) is 0 Å². The molecule has 14 heteroatoms. The molecule has 2 aliphatic rings. The van der Waals surface area contributed by atoms with Crippen molar-refractivity contribution in [1.29, 1.82) is 0 Å². The highest BCUT2D eigenvalue weighted by Gasteiger charge is 2.67. The first-order valence-electron chi connectivity index (χ1n) is 7.74. The maximum absolute atomic E-state index is 15.1. The van der Waals surface area contributed by atoms with Crippen LogP contribution in [0.2, 0.25) is 5.02 Å². The molecule has 2 fully saturated rings. The molecule has 0 spiro atoms. The Morgan fingerprint density at radius 1 is 1.56 bits per heavy atom. The number of nitrogens with two attached hydrogens (primary N) is 1. The lowest BCUT2D eigenvalue weighted by Crippen LogP contribution is -2.55. The number of hydrogen-bond donors (Lipinski definition) is 1. The SMILES string of the molecule is CC(C)OP1(=S)OC[C@@]2(C(F)F)O[C@@H](n3cc(Cl)c(N)nc3=O)[C@H](F)[C@@H]2O1. The minimum absolute atomic E-state index is 0.170. The molecule has 0 aromatic carbocycles. The molecule has 2 saturated heterocycles. The molecular weight excluding hydrogens is 434 g/mol. The molecule has 0 saturated carbocycles. The molecule has 1 aromatic rings. The average Bonchev–Trinajstić information content (AvgIpc) is 2.84. The molecule has 1 unspecified atom stereocenters. The fourth-order valence-corrected chi connectivity index (χ4v) is 5.51. The van der Waals surface area contributed by atoms with E-state index in [1.165, 1.54) is 0 Å². The summed E-state index contributed by atoms with van der Waals surface area (Å²) in [6, 6.07) is 0. The summed E-state index contributed by atoms with van der Waals surface area (Å²) >= 11 is 10.9. The van der Waals surface area contributed by atoms with E-state index >= 15 is 4.39 Å². The molecule has 3 rings (SSSR count). The summed E-state index contributed by atoms with van der Waals surface area (Å²) < 4.78 is 64.6. The van der Waals surface area contributed by atoms with Crippen molar-refractivity contribution < 1.29 is 31.5 Å². The number of hydrogen-bond acceptors (Lipinski definition) is 8. The van der Waals surface area contributed by atoms with E-state index < -0.39 is 55.6 Å². The smallest absolute Gasteiger partial charge is 0.351 e. The van der Waals surface area contributed by atoms with Crippen molar-refractivity contribution in [1.82, 2.24) is 9.55 Å². The van der Waals surface area contributed by atoms with Gasteiger partial charge >= 0.3 is 12.4 Å². The number of halogens is 4. The van der Waals surface area contributed by atoms with Crippen molar-refractivity contribution in [3.8, 4) is 0 Å². The summed E-state index contributed by atoms with van der Waals surface area (Å²) in [6.45, 7) is -0.964. The van der Waals surface area contributed by atoms with Crippen LogP contribution in [-0.2, 0) is 30.1 Å². The molecule has 1 aromatic heterocycles. The maximum atomic E-state index is 15.1. The fraction of sp³-hybridized carbons (Fsp3) is 0.692. The first kappa shape index (κ1) is 21.0. The molecule has 2 aliphatic heterocycles. The van der Waals surface area contributed by atoms with Crippen LogP contribution in [0.5, 0.6) is 0 Å². The van der Waals surface area contributed by atoms with Crippen LogP contribution in [-0.4, -0.2) is 46.6 Å². The van der Waals surface area contributed by atoms with Gasteiger partial charge in [-0.25, -0.2) is 18.0 Å². The Morgan fingerprint density at radius 3 is 2.81 bits per heavy atom. The van der Waals surface area contributed by atoms with E-state index in [1.807, 2.05) is 0 Å². The minimum Gasteiger partial charge on any atom is -0.382 e. The lowest BCUT2D eigenvalue weighted by Gasteiger charge is -2.41. The second-order valence-electron chi connectivity index (χ2n) is 6.27. The van der Waals surface area contributed by atoms with Crippen LogP contribution in [0.15, 0.2) is 11.0 Å². The van der Waals surface area contributed by atoms with Crippen LogP contribution in [0.1, 0.15) is 20.1 Å². The molecule has 27 heavy (non-hydrogen) atoms. The van der Waals surface area contributed by atoms with Crippen molar-refractivity contribution in [2.24, 2.45) is 0 Å². The van der Waals surface area contributed by atoms with Crippen molar-refractivity contribution in [2.75, 3.05) is 12.3 Å². The van der Waals surface area contributed by atoms with Crippen molar-refractivity contribution in [2.45, 2.75) is 50.5 Å². The Balaban J connectivity index is 2.00. The Labute approximate surface area is 161 Å². The second-order valence-corrected chi connectivity index (χ2v) is 9.60. The van der Waals surface area contributed by atoms with Crippen LogP contribution in [0.4, 0.5) is 19.0 Å². The van der Waals surface area contributed by atoms with Gasteiger partial charge in [-0.2, -0.15) is 4.98 Å². The molecular formula is C13H16ClF3N3O5PS. The van der Waals surface area contributed by atoms with Crippen molar-refractivity contribution in [3.05, 3.63) is 21.7 Å². The minimum atomic E-state index is -3.48. The molecule has 0 radical (unpaired) electrons. The highest BCUT2D eigenvalue weighted by Crippen LogP contribution is 2.61. The third-order valence-corrected chi connectivity index (χ3v) is 6.73. The average molecular weight is 450 g/mol. The summed E-state index contributed by atoms with van der Waals surface area (Å²) in [7, 11) is 0. The van der Waals surface area contributed by atoms with Gasteiger partial charge in [0.05, 0.1) is 17.7 Å². The van der Waals surface area contributed by atoms with Crippen molar-refractivity contribution in [3.63, 3.8) is 0 Å². The highest BCUT2D eigenvalue weighted by molar-refractivity contribution is 8.07. The summed E-state index contributed by atoms with van der Waals surface area (Å²) in [5, 5.41) is -0.170. The van der Waals surface area contributed by atoms with E-state index in [4.69, 9.17) is 47.4 Å². The summed E-state index contributed by atoms with van der Waals surface area (Å²) in [6.07, 6.45) is -8.47. The summed E-state index contributed by atoms with van der Waals surface area (Å²) in [4.78, 5) is 15.5. The van der Waals surface area contributed by atoms with Gasteiger partial charge in [0, 0.05) is 6.20 Å². The van der Waals surface area contributed by atoms with Gasteiger partial charge in [-0.3, -0.25) is 9.09 Å². The Kier molecular flexibility index (Phi) is 5.63. The van der Waals surface area contributed by atoms with Gasteiger partial charge < -0.3 is 19.5 Å². The topological polar surface area (TPSA) is 97.8 Å². The first-order chi connectivity index (χ1) is 12.5. The monoisotopic (exact) mass is 449 g/mol. The largest absolute Gasteiger partial charge is 0.382 e.